The van der Waals surface area contributed by atoms with Crippen LogP contribution in [0.25, 0.3) is 0 Å². The normalized spacial score (nSPS) is 37.0. The van der Waals surface area contributed by atoms with Gasteiger partial charge in [0.1, 0.15) is 0 Å². The number of hydrogen-bond donors (Lipinski definition) is 1. The zero-order chi connectivity index (χ0) is 10.9. The van der Waals surface area contributed by atoms with Gasteiger partial charge >= 0.3 is 0 Å². The van der Waals surface area contributed by atoms with Gasteiger partial charge in [-0.3, -0.25) is 4.90 Å². The zero-order valence-electron chi connectivity index (χ0n) is 10.3. The van der Waals surface area contributed by atoms with Crippen molar-refractivity contribution in [3.63, 3.8) is 0 Å². The Bertz CT molecular complexity index is 212. The number of ether oxygens (including phenoxy) is 1. The van der Waals surface area contributed by atoms with E-state index in [2.05, 4.69) is 31.0 Å². The summed E-state index contributed by atoms with van der Waals surface area (Å²) in [5.41, 5.74) is 0.276. The van der Waals surface area contributed by atoms with Crippen molar-refractivity contribution in [1.82, 2.24) is 10.2 Å². The van der Waals surface area contributed by atoms with Crippen LogP contribution in [0.4, 0.5) is 0 Å². The van der Waals surface area contributed by atoms with Crippen LogP contribution in [0.3, 0.4) is 0 Å². The molecule has 0 spiro atoms. The molecule has 2 rings (SSSR count). The highest BCUT2D eigenvalue weighted by atomic mass is 16.5. The average Bonchev–Trinajstić information content (AvgIpc) is 2.65. The maximum atomic E-state index is 5.72. The fourth-order valence-electron chi connectivity index (χ4n) is 2.53. The fourth-order valence-corrected chi connectivity index (χ4v) is 2.53. The second-order valence-electron chi connectivity index (χ2n) is 5.63. The maximum absolute atomic E-state index is 5.72. The summed E-state index contributed by atoms with van der Waals surface area (Å²) in [6.45, 7) is 11.2. The fraction of sp³-hybridized carbons (Fsp3) is 1.00. The lowest BCUT2D eigenvalue weighted by Crippen LogP contribution is -2.62. The standard InChI is InChI=1S/C12H24N2O/c1-10-7-14(12(2,3)9-13-10)8-11-5-4-6-15-11/h10-11,13H,4-9H2,1-3H3. The number of hydrogen-bond acceptors (Lipinski definition) is 3. The minimum atomic E-state index is 0.276. The van der Waals surface area contributed by atoms with Crippen molar-refractivity contribution in [2.45, 2.75) is 51.3 Å². The van der Waals surface area contributed by atoms with E-state index in [1.807, 2.05) is 0 Å². The molecule has 0 aliphatic carbocycles. The van der Waals surface area contributed by atoms with Crippen LogP contribution in [0.5, 0.6) is 0 Å². The summed E-state index contributed by atoms with van der Waals surface area (Å²) in [7, 11) is 0. The van der Waals surface area contributed by atoms with Crippen LogP contribution in [-0.2, 0) is 4.74 Å². The van der Waals surface area contributed by atoms with E-state index in [1.165, 1.54) is 12.8 Å². The summed E-state index contributed by atoms with van der Waals surface area (Å²) in [5, 5.41) is 3.54. The third-order valence-corrected chi connectivity index (χ3v) is 3.68. The summed E-state index contributed by atoms with van der Waals surface area (Å²) in [4.78, 5) is 2.59. The molecule has 2 aliphatic heterocycles. The number of piperazine rings is 1. The van der Waals surface area contributed by atoms with Crippen molar-refractivity contribution in [2.24, 2.45) is 0 Å². The first-order valence-corrected chi connectivity index (χ1v) is 6.18. The van der Waals surface area contributed by atoms with Crippen LogP contribution in [0.2, 0.25) is 0 Å². The minimum Gasteiger partial charge on any atom is -0.377 e. The molecule has 0 aromatic carbocycles. The SMILES string of the molecule is CC1CN(CC2CCCO2)C(C)(C)CN1. The lowest BCUT2D eigenvalue weighted by Gasteiger charge is -2.46. The van der Waals surface area contributed by atoms with Gasteiger partial charge in [-0.2, -0.15) is 0 Å². The first-order chi connectivity index (χ1) is 7.08. The van der Waals surface area contributed by atoms with Crippen LogP contribution in [-0.4, -0.2) is 48.8 Å². The van der Waals surface area contributed by atoms with Gasteiger partial charge in [0.05, 0.1) is 6.10 Å². The van der Waals surface area contributed by atoms with Gasteiger partial charge in [0.2, 0.25) is 0 Å². The van der Waals surface area contributed by atoms with Gasteiger partial charge in [0.15, 0.2) is 0 Å². The average molecular weight is 212 g/mol. The molecule has 88 valence electrons. The molecule has 2 aliphatic rings. The van der Waals surface area contributed by atoms with Crippen LogP contribution in [0, 0.1) is 0 Å². The van der Waals surface area contributed by atoms with Crippen molar-refractivity contribution < 1.29 is 4.74 Å². The molecule has 0 radical (unpaired) electrons. The molecule has 2 heterocycles. The second-order valence-corrected chi connectivity index (χ2v) is 5.63. The highest BCUT2D eigenvalue weighted by Crippen LogP contribution is 2.22. The molecule has 0 aromatic heterocycles. The monoisotopic (exact) mass is 212 g/mol. The van der Waals surface area contributed by atoms with Gasteiger partial charge in [-0.05, 0) is 33.6 Å². The smallest absolute Gasteiger partial charge is 0.0703 e. The molecule has 0 aromatic rings. The molecule has 0 amide bonds. The molecule has 2 fully saturated rings. The Morgan fingerprint density at radius 3 is 2.93 bits per heavy atom. The van der Waals surface area contributed by atoms with Crippen molar-refractivity contribution in [2.75, 3.05) is 26.2 Å². The van der Waals surface area contributed by atoms with E-state index in [-0.39, 0.29) is 5.54 Å². The van der Waals surface area contributed by atoms with Crippen molar-refractivity contribution in [1.29, 1.82) is 0 Å². The summed E-state index contributed by atoms with van der Waals surface area (Å²) >= 11 is 0. The maximum Gasteiger partial charge on any atom is 0.0703 e. The highest BCUT2D eigenvalue weighted by molar-refractivity contribution is 4.92. The Labute approximate surface area is 93.2 Å². The first-order valence-electron chi connectivity index (χ1n) is 6.18. The van der Waals surface area contributed by atoms with E-state index in [4.69, 9.17) is 4.74 Å². The number of rotatable bonds is 2. The van der Waals surface area contributed by atoms with Crippen molar-refractivity contribution in [3.8, 4) is 0 Å². The molecule has 3 heteroatoms. The molecular formula is C12H24N2O. The highest BCUT2D eigenvalue weighted by Gasteiger charge is 2.34. The van der Waals surface area contributed by atoms with E-state index in [0.29, 0.717) is 12.1 Å². The molecule has 2 saturated heterocycles. The van der Waals surface area contributed by atoms with Crippen molar-refractivity contribution >= 4 is 0 Å². The van der Waals surface area contributed by atoms with Crippen LogP contribution in [0.15, 0.2) is 0 Å². The minimum absolute atomic E-state index is 0.276. The molecule has 2 unspecified atom stereocenters. The molecule has 0 saturated carbocycles. The predicted octanol–water partition coefficient (Wildman–Crippen LogP) is 1.24. The van der Waals surface area contributed by atoms with E-state index in [9.17, 15) is 0 Å². The Balaban J connectivity index is 1.92. The van der Waals surface area contributed by atoms with Gasteiger partial charge in [0, 0.05) is 37.8 Å². The Morgan fingerprint density at radius 2 is 2.27 bits per heavy atom. The lowest BCUT2D eigenvalue weighted by atomic mass is 9.97. The van der Waals surface area contributed by atoms with Crippen molar-refractivity contribution in [3.05, 3.63) is 0 Å². The van der Waals surface area contributed by atoms with Crippen LogP contribution >= 0.6 is 0 Å². The zero-order valence-corrected chi connectivity index (χ0v) is 10.3. The summed E-state index contributed by atoms with van der Waals surface area (Å²) < 4.78 is 5.72. The number of nitrogens with one attached hydrogen (secondary N) is 1. The molecule has 15 heavy (non-hydrogen) atoms. The topological polar surface area (TPSA) is 24.5 Å². The van der Waals surface area contributed by atoms with E-state index in [0.717, 1.165) is 26.2 Å². The first kappa shape index (κ1) is 11.4. The molecule has 1 N–H and O–H groups in total. The number of nitrogens with zero attached hydrogens (tertiary/aromatic N) is 1. The van der Waals surface area contributed by atoms with E-state index in [1.54, 1.807) is 0 Å². The third-order valence-electron chi connectivity index (χ3n) is 3.68. The lowest BCUT2D eigenvalue weighted by molar-refractivity contribution is 0.00991. The third kappa shape index (κ3) is 2.71. The molecular weight excluding hydrogens is 188 g/mol. The van der Waals surface area contributed by atoms with Gasteiger partial charge < -0.3 is 10.1 Å². The Morgan fingerprint density at radius 1 is 1.47 bits per heavy atom. The van der Waals surface area contributed by atoms with Gasteiger partial charge in [-0.15, -0.1) is 0 Å². The Kier molecular flexibility index (Phi) is 3.33. The van der Waals surface area contributed by atoms with Crippen LogP contribution < -0.4 is 5.32 Å². The molecule has 0 bridgehead atoms. The largest absolute Gasteiger partial charge is 0.377 e. The van der Waals surface area contributed by atoms with E-state index >= 15 is 0 Å². The van der Waals surface area contributed by atoms with E-state index < -0.39 is 0 Å². The predicted molar refractivity (Wildman–Crippen MR) is 62.1 cm³/mol. The second kappa shape index (κ2) is 4.40. The summed E-state index contributed by atoms with van der Waals surface area (Å²) in [6, 6.07) is 0.611. The Hall–Kier alpha value is -0.120. The summed E-state index contributed by atoms with van der Waals surface area (Å²) in [6.07, 6.45) is 2.97. The quantitative estimate of drug-likeness (QED) is 0.745. The molecule has 3 nitrogen and oxygen atoms in total. The van der Waals surface area contributed by atoms with Gasteiger partial charge in [-0.1, -0.05) is 0 Å². The van der Waals surface area contributed by atoms with Gasteiger partial charge in [0.25, 0.3) is 0 Å². The summed E-state index contributed by atoms with van der Waals surface area (Å²) in [5.74, 6) is 0. The van der Waals surface area contributed by atoms with Crippen LogP contribution in [0.1, 0.15) is 33.6 Å². The molecule has 2 atom stereocenters. The van der Waals surface area contributed by atoms with Gasteiger partial charge in [-0.25, -0.2) is 0 Å².